The second-order valence-electron chi connectivity index (χ2n) is 6.04. The molecule has 1 aromatic rings. The largest absolute Gasteiger partial charge is 0.492 e. The number of aromatic hydroxyl groups is 1. The molecule has 0 saturated heterocycles. The molecule has 96 valence electrons. The first kappa shape index (κ1) is 13.5. The Hall–Kier alpha value is -1.52. The van der Waals surface area contributed by atoms with Crippen LogP contribution < -0.4 is 0 Å². The van der Waals surface area contributed by atoms with Crippen LogP contribution in [0.2, 0.25) is 0 Å². The van der Waals surface area contributed by atoms with Crippen molar-refractivity contribution in [3.05, 3.63) is 11.8 Å². The number of rotatable bonds is 0. The summed E-state index contributed by atoms with van der Waals surface area (Å²) >= 11 is 0. The van der Waals surface area contributed by atoms with Gasteiger partial charge < -0.3 is 9.84 Å². The zero-order chi connectivity index (χ0) is 13.4. The number of carbonyl (C=O) groups is 1. The van der Waals surface area contributed by atoms with E-state index in [1.54, 1.807) is 20.8 Å². The van der Waals surface area contributed by atoms with Gasteiger partial charge in [-0.25, -0.2) is 4.79 Å². The third kappa shape index (κ3) is 3.47. The smallest absolute Gasteiger partial charge is 0.435 e. The molecule has 0 bridgehead atoms. The summed E-state index contributed by atoms with van der Waals surface area (Å²) in [5, 5.41) is 13.4. The van der Waals surface area contributed by atoms with E-state index in [0.29, 0.717) is 5.56 Å². The van der Waals surface area contributed by atoms with Crippen molar-refractivity contribution < 1.29 is 14.6 Å². The topological polar surface area (TPSA) is 64.3 Å². The fourth-order valence-corrected chi connectivity index (χ4v) is 1.30. The second-order valence-corrected chi connectivity index (χ2v) is 6.04. The van der Waals surface area contributed by atoms with E-state index in [1.807, 2.05) is 20.8 Å². The van der Waals surface area contributed by atoms with E-state index < -0.39 is 11.7 Å². The molecule has 0 saturated carbocycles. The summed E-state index contributed by atoms with van der Waals surface area (Å²) in [6.45, 7) is 11.1. The van der Waals surface area contributed by atoms with Crippen molar-refractivity contribution in [1.82, 2.24) is 9.78 Å². The number of hydrogen-bond acceptors (Lipinski definition) is 4. The van der Waals surface area contributed by atoms with Gasteiger partial charge in [0.25, 0.3) is 0 Å². The van der Waals surface area contributed by atoms with Crippen LogP contribution in [0, 0.1) is 0 Å². The Kier molecular flexibility index (Phi) is 3.23. The lowest BCUT2D eigenvalue weighted by Gasteiger charge is -2.18. The van der Waals surface area contributed by atoms with Crippen molar-refractivity contribution >= 4 is 6.09 Å². The Labute approximate surface area is 101 Å². The van der Waals surface area contributed by atoms with Gasteiger partial charge in [-0.05, 0) is 26.2 Å². The maximum Gasteiger partial charge on any atom is 0.435 e. The molecule has 0 radical (unpaired) electrons. The minimum atomic E-state index is -0.594. The van der Waals surface area contributed by atoms with Gasteiger partial charge >= 0.3 is 6.09 Å². The molecule has 0 unspecified atom stereocenters. The lowest BCUT2D eigenvalue weighted by Crippen LogP contribution is -2.27. The SMILES string of the molecule is CC(C)(C)OC(=O)n1cc(C(C)(C)C)c(O)n1. The molecule has 17 heavy (non-hydrogen) atoms. The second kappa shape index (κ2) is 4.05. The molecule has 0 spiro atoms. The molecule has 0 amide bonds. The summed E-state index contributed by atoms with van der Waals surface area (Å²) in [5.74, 6) is -0.136. The fraction of sp³-hybridized carbons (Fsp3) is 0.667. The molecule has 5 heteroatoms. The molecule has 1 aromatic heterocycles. The Morgan fingerprint density at radius 3 is 2.18 bits per heavy atom. The van der Waals surface area contributed by atoms with E-state index in [0.717, 1.165) is 4.68 Å². The van der Waals surface area contributed by atoms with Crippen LogP contribution in [0.25, 0.3) is 0 Å². The molecular formula is C12H20N2O3. The average molecular weight is 240 g/mol. The van der Waals surface area contributed by atoms with Crippen LogP contribution in [0.5, 0.6) is 5.88 Å². The minimum Gasteiger partial charge on any atom is -0.492 e. The molecular weight excluding hydrogens is 220 g/mol. The predicted molar refractivity (Wildman–Crippen MR) is 64.2 cm³/mol. The first-order valence-corrected chi connectivity index (χ1v) is 5.53. The quantitative estimate of drug-likeness (QED) is 0.757. The van der Waals surface area contributed by atoms with Gasteiger partial charge in [-0.3, -0.25) is 0 Å². The number of nitrogens with zero attached hydrogens (tertiary/aromatic N) is 2. The molecule has 5 nitrogen and oxygen atoms in total. The van der Waals surface area contributed by atoms with Crippen LogP contribution in [-0.4, -0.2) is 26.6 Å². The Morgan fingerprint density at radius 2 is 1.82 bits per heavy atom. The first-order chi connectivity index (χ1) is 7.50. The normalized spacial score (nSPS) is 12.6. The van der Waals surface area contributed by atoms with Crippen molar-refractivity contribution in [2.24, 2.45) is 0 Å². The van der Waals surface area contributed by atoms with Crippen molar-refractivity contribution in [3.63, 3.8) is 0 Å². The van der Waals surface area contributed by atoms with Crippen LogP contribution in [0.1, 0.15) is 47.1 Å². The minimum absolute atomic E-state index is 0.136. The summed E-state index contributed by atoms with van der Waals surface area (Å²) < 4.78 is 6.18. The maximum atomic E-state index is 11.7. The van der Waals surface area contributed by atoms with Crippen LogP contribution >= 0.6 is 0 Å². The lowest BCUT2D eigenvalue weighted by atomic mass is 9.89. The highest BCUT2D eigenvalue weighted by atomic mass is 16.6. The van der Waals surface area contributed by atoms with Crippen molar-refractivity contribution in [1.29, 1.82) is 0 Å². The third-order valence-electron chi connectivity index (χ3n) is 2.08. The number of hydrogen-bond donors (Lipinski definition) is 1. The van der Waals surface area contributed by atoms with Crippen molar-refractivity contribution in [2.75, 3.05) is 0 Å². The lowest BCUT2D eigenvalue weighted by molar-refractivity contribution is 0.0512. The highest BCUT2D eigenvalue weighted by molar-refractivity contribution is 5.70. The van der Waals surface area contributed by atoms with Crippen LogP contribution in [0.3, 0.4) is 0 Å². The van der Waals surface area contributed by atoms with Crippen LogP contribution in [0.4, 0.5) is 4.79 Å². The molecule has 1 N–H and O–H groups in total. The highest BCUT2D eigenvalue weighted by Gasteiger charge is 2.25. The summed E-state index contributed by atoms with van der Waals surface area (Å²) in [7, 11) is 0. The van der Waals surface area contributed by atoms with E-state index in [4.69, 9.17) is 4.74 Å². The van der Waals surface area contributed by atoms with E-state index in [9.17, 15) is 9.90 Å². The number of ether oxygens (including phenoxy) is 1. The zero-order valence-corrected chi connectivity index (χ0v) is 11.2. The predicted octanol–water partition coefficient (Wildman–Crippen LogP) is 2.67. The van der Waals surface area contributed by atoms with E-state index >= 15 is 0 Å². The molecule has 0 aliphatic heterocycles. The van der Waals surface area contributed by atoms with E-state index in [2.05, 4.69) is 5.10 Å². The summed E-state index contributed by atoms with van der Waals surface area (Å²) in [4.78, 5) is 11.7. The third-order valence-corrected chi connectivity index (χ3v) is 2.08. The molecule has 0 aromatic carbocycles. The van der Waals surface area contributed by atoms with Crippen LogP contribution in [-0.2, 0) is 10.2 Å². The number of carbonyl (C=O) groups excluding carboxylic acids is 1. The molecule has 0 aliphatic rings. The average Bonchev–Trinajstić information content (AvgIpc) is 2.42. The van der Waals surface area contributed by atoms with E-state index in [-0.39, 0.29) is 11.3 Å². The molecule has 1 rings (SSSR count). The molecule has 0 aliphatic carbocycles. The monoisotopic (exact) mass is 240 g/mol. The van der Waals surface area contributed by atoms with Gasteiger partial charge in [-0.15, -0.1) is 5.10 Å². The fourth-order valence-electron chi connectivity index (χ4n) is 1.30. The molecule has 0 fully saturated rings. The van der Waals surface area contributed by atoms with Gasteiger partial charge in [-0.2, -0.15) is 4.68 Å². The Morgan fingerprint density at radius 1 is 1.29 bits per heavy atom. The summed E-state index contributed by atoms with van der Waals surface area (Å²) in [6, 6.07) is 0. The standard InChI is InChI=1S/C12H20N2O3/c1-11(2,3)8-7-14(13-9(8)15)10(16)17-12(4,5)6/h7H,1-6H3,(H,13,15). The van der Waals surface area contributed by atoms with Crippen molar-refractivity contribution in [3.8, 4) is 5.88 Å². The van der Waals surface area contributed by atoms with E-state index in [1.165, 1.54) is 6.20 Å². The summed E-state index contributed by atoms with van der Waals surface area (Å²) in [5.41, 5.74) is -0.242. The van der Waals surface area contributed by atoms with Gasteiger partial charge in [0, 0.05) is 11.8 Å². The van der Waals surface area contributed by atoms with Gasteiger partial charge in [0.1, 0.15) is 5.60 Å². The van der Waals surface area contributed by atoms with Gasteiger partial charge in [-0.1, -0.05) is 20.8 Å². The molecule has 0 atom stereocenters. The molecule has 1 heterocycles. The van der Waals surface area contributed by atoms with Gasteiger partial charge in [0.05, 0.1) is 0 Å². The van der Waals surface area contributed by atoms with Crippen molar-refractivity contribution in [2.45, 2.75) is 52.6 Å². The Balaban J connectivity index is 2.99. The van der Waals surface area contributed by atoms with Gasteiger partial charge in [0.2, 0.25) is 5.88 Å². The van der Waals surface area contributed by atoms with Crippen LogP contribution in [0.15, 0.2) is 6.20 Å². The highest BCUT2D eigenvalue weighted by Crippen LogP contribution is 2.29. The maximum absolute atomic E-state index is 11.7. The first-order valence-electron chi connectivity index (χ1n) is 5.53. The number of aromatic nitrogens is 2. The Bertz CT molecular complexity index is 422. The summed E-state index contributed by atoms with van der Waals surface area (Å²) in [6.07, 6.45) is 0.909. The van der Waals surface area contributed by atoms with Gasteiger partial charge in [0.15, 0.2) is 0 Å². The zero-order valence-electron chi connectivity index (χ0n) is 11.2.